The molecule has 0 aliphatic carbocycles. The molecule has 0 aliphatic heterocycles. The maximum absolute atomic E-state index is 9.11. The Kier molecular flexibility index (Phi) is 1.96. The van der Waals surface area contributed by atoms with Crippen LogP contribution < -0.4 is 11.5 Å². The number of benzene rings is 1. The highest BCUT2D eigenvalue weighted by molar-refractivity contribution is 7.80. The molecule has 0 spiro atoms. The molecule has 0 atom stereocenters. The highest BCUT2D eigenvalue weighted by Crippen LogP contribution is 2.22. The Balaban J connectivity index is 3.27. The fraction of sp³-hybridized carbons (Fsp3) is 0. The third-order valence-electron chi connectivity index (χ3n) is 1.35. The third kappa shape index (κ3) is 1.40. The second-order valence-electron chi connectivity index (χ2n) is 2.10. The zero-order valence-electron chi connectivity index (χ0n) is 5.74. The second-order valence-corrected chi connectivity index (χ2v) is 2.54. The Bertz CT molecular complexity index is 298. The van der Waals surface area contributed by atoms with Gasteiger partial charge >= 0.3 is 0 Å². The number of phenols is 1. The standard InChI is InChI=1S/C7H8N2OS/c8-6-4(7(9)11)2-1-3-5(6)10/h1-3,10H,8H2,(H2,9,11). The van der Waals surface area contributed by atoms with Gasteiger partial charge in [-0.2, -0.15) is 0 Å². The maximum atomic E-state index is 9.11. The molecular formula is C7H8N2OS. The molecule has 0 saturated carbocycles. The van der Waals surface area contributed by atoms with E-state index in [0.717, 1.165) is 0 Å². The summed E-state index contributed by atoms with van der Waals surface area (Å²) in [5, 5.41) is 9.11. The van der Waals surface area contributed by atoms with Gasteiger partial charge in [0.1, 0.15) is 10.7 Å². The summed E-state index contributed by atoms with van der Waals surface area (Å²) in [6, 6.07) is 4.79. The van der Waals surface area contributed by atoms with Crippen LogP contribution in [0, 0.1) is 0 Å². The first-order valence-corrected chi connectivity index (χ1v) is 3.41. The molecule has 1 aromatic carbocycles. The van der Waals surface area contributed by atoms with E-state index in [1.165, 1.54) is 6.07 Å². The summed E-state index contributed by atoms with van der Waals surface area (Å²) in [6.45, 7) is 0. The molecule has 0 heterocycles. The van der Waals surface area contributed by atoms with Crippen LogP contribution in [0.3, 0.4) is 0 Å². The number of rotatable bonds is 1. The van der Waals surface area contributed by atoms with Gasteiger partial charge < -0.3 is 16.6 Å². The molecule has 0 bridgehead atoms. The van der Waals surface area contributed by atoms with Crippen LogP contribution in [-0.4, -0.2) is 10.1 Å². The minimum atomic E-state index is 0.00954. The van der Waals surface area contributed by atoms with E-state index in [1.54, 1.807) is 12.1 Å². The average Bonchev–Trinajstić information content (AvgIpc) is 1.94. The van der Waals surface area contributed by atoms with Crippen molar-refractivity contribution in [2.75, 3.05) is 5.73 Å². The van der Waals surface area contributed by atoms with Crippen LogP contribution in [0.5, 0.6) is 5.75 Å². The van der Waals surface area contributed by atoms with Crippen LogP contribution in [-0.2, 0) is 0 Å². The first-order chi connectivity index (χ1) is 5.13. The van der Waals surface area contributed by atoms with Crippen molar-refractivity contribution in [2.45, 2.75) is 0 Å². The molecule has 0 unspecified atom stereocenters. The largest absolute Gasteiger partial charge is 0.506 e. The van der Waals surface area contributed by atoms with Gasteiger partial charge in [-0.3, -0.25) is 0 Å². The van der Waals surface area contributed by atoms with E-state index in [1.807, 2.05) is 0 Å². The lowest BCUT2D eigenvalue weighted by Gasteiger charge is -2.03. The summed E-state index contributed by atoms with van der Waals surface area (Å²) in [4.78, 5) is 0.193. The van der Waals surface area contributed by atoms with Crippen LogP contribution >= 0.6 is 12.2 Å². The predicted octanol–water partition coefficient (Wildman–Crippen LogP) is 0.609. The van der Waals surface area contributed by atoms with Crippen molar-refractivity contribution in [1.29, 1.82) is 0 Å². The average molecular weight is 168 g/mol. The number of thiocarbonyl (C=S) groups is 1. The molecule has 11 heavy (non-hydrogen) atoms. The second kappa shape index (κ2) is 2.75. The Morgan fingerprint density at radius 1 is 1.45 bits per heavy atom. The number of anilines is 1. The molecule has 0 aliphatic rings. The monoisotopic (exact) mass is 168 g/mol. The molecule has 0 amide bonds. The van der Waals surface area contributed by atoms with Gasteiger partial charge in [0.25, 0.3) is 0 Å². The fourth-order valence-corrected chi connectivity index (χ4v) is 0.946. The van der Waals surface area contributed by atoms with E-state index in [-0.39, 0.29) is 16.4 Å². The zero-order chi connectivity index (χ0) is 8.43. The van der Waals surface area contributed by atoms with E-state index < -0.39 is 0 Å². The molecular weight excluding hydrogens is 160 g/mol. The summed E-state index contributed by atoms with van der Waals surface area (Å²) in [5.74, 6) is 0.00954. The third-order valence-corrected chi connectivity index (χ3v) is 1.57. The Labute approximate surface area is 69.6 Å². The first kappa shape index (κ1) is 7.81. The topological polar surface area (TPSA) is 72.3 Å². The Morgan fingerprint density at radius 3 is 2.55 bits per heavy atom. The zero-order valence-corrected chi connectivity index (χ0v) is 6.56. The fourth-order valence-electron chi connectivity index (χ4n) is 0.768. The van der Waals surface area contributed by atoms with E-state index in [4.69, 9.17) is 28.8 Å². The minimum absolute atomic E-state index is 0.00954. The quantitative estimate of drug-likeness (QED) is 0.326. The molecule has 1 aromatic rings. The van der Waals surface area contributed by atoms with Gasteiger partial charge in [-0.05, 0) is 12.1 Å². The van der Waals surface area contributed by atoms with Gasteiger partial charge in [-0.1, -0.05) is 18.3 Å². The van der Waals surface area contributed by atoms with E-state index in [2.05, 4.69) is 0 Å². The molecule has 1 rings (SSSR count). The molecule has 58 valence electrons. The van der Waals surface area contributed by atoms with E-state index in [9.17, 15) is 0 Å². The number of hydrogen-bond donors (Lipinski definition) is 3. The summed E-state index contributed by atoms with van der Waals surface area (Å²) in [5.41, 5.74) is 11.5. The molecule has 0 aromatic heterocycles. The Morgan fingerprint density at radius 2 is 2.09 bits per heavy atom. The van der Waals surface area contributed by atoms with Crippen LogP contribution in [0.15, 0.2) is 18.2 Å². The normalized spacial score (nSPS) is 9.45. The molecule has 3 nitrogen and oxygen atoms in total. The SMILES string of the molecule is NC(=S)c1cccc(O)c1N. The predicted molar refractivity (Wildman–Crippen MR) is 48.4 cm³/mol. The number of aromatic hydroxyl groups is 1. The maximum Gasteiger partial charge on any atom is 0.139 e. The summed E-state index contributed by atoms with van der Waals surface area (Å²) in [6.07, 6.45) is 0. The van der Waals surface area contributed by atoms with Gasteiger partial charge in [0, 0.05) is 5.56 Å². The van der Waals surface area contributed by atoms with Crippen molar-refractivity contribution in [3.05, 3.63) is 23.8 Å². The van der Waals surface area contributed by atoms with Crippen molar-refractivity contribution in [1.82, 2.24) is 0 Å². The van der Waals surface area contributed by atoms with Crippen LogP contribution in [0.25, 0.3) is 0 Å². The molecule has 4 heteroatoms. The number of phenolic OH excluding ortho intramolecular Hbond substituents is 1. The molecule has 0 fully saturated rings. The van der Waals surface area contributed by atoms with Gasteiger partial charge in [0.2, 0.25) is 0 Å². The van der Waals surface area contributed by atoms with E-state index >= 15 is 0 Å². The first-order valence-electron chi connectivity index (χ1n) is 3.00. The summed E-state index contributed by atoms with van der Waals surface area (Å²) < 4.78 is 0. The summed E-state index contributed by atoms with van der Waals surface area (Å²) >= 11 is 4.70. The molecule has 0 saturated heterocycles. The van der Waals surface area contributed by atoms with Gasteiger partial charge in [0.15, 0.2) is 0 Å². The lowest BCUT2D eigenvalue weighted by Crippen LogP contribution is -2.11. The summed E-state index contributed by atoms with van der Waals surface area (Å²) in [7, 11) is 0. The van der Waals surface area contributed by atoms with E-state index in [0.29, 0.717) is 5.56 Å². The van der Waals surface area contributed by atoms with Crippen molar-refractivity contribution in [2.24, 2.45) is 5.73 Å². The number of nitrogen functional groups attached to an aromatic ring is 1. The highest BCUT2D eigenvalue weighted by atomic mass is 32.1. The van der Waals surface area contributed by atoms with Crippen LogP contribution in [0.2, 0.25) is 0 Å². The van der Waals surface area contributed by atoms with Crippen molar-refractivity contribution in [3.63, 3.8) is 0 Å². The lowest BCUT2D eigenvalue weighted by atomic mass is 10.1. The highest BCUT2D eigenvalue weighted by Gasteiger charge is 2.04. The van der Waals surface area contributed by atoms with Crippen molar-refractivity contribution >= 4 is 22.9 Å². The van der Waals surface area contributed by atoms with Gasteiger partial charge in [-0.15, -0.1) is 0 Å². The van der Waals surface area contributed by atoms with Crippen molar-refractivity contribution in [3.8, 4) is 5.75 Å². The van der Waals surface area contributed by atoms with Crippen molar-refractivity contribution < 1.29 is 5.11 Å². The Hall–Kier alpha value is -1.29. The van der Waals surface area contributed by atoms with Crippen LogP contribution in [0.1, 0.15) is 5.56 Å². The smallest absolute Gasteiger partial charge is 0.139 e. The lowest BCUT2D eigenvalue weighted by molar-refractivity contribution is 0.478. The van der Waals surface area contributed by atoms with Gasteiger partial charge in [-0.25, -0.2) is 0 Å². The molecule has 5 N–H and O–H groups in total. The van der Waals surface area contributed by atoms with Crippen LogP contribution in [0.4, 0.5) is 5.69 Å². The minimum Gasteiger partial charge on any atom is -0.506 e. The molecule has 0 radical (unpaired) electrons. The number of nitrogens with two attached hydrogens (primary N) is 2. The van der Waals surface area contributed by atoms with Gasteiger partial charge in [0.05, 0.1) is 5.69 Å². The number of para-hydroxylation sites is 1. The number of hydrogen-bond acceptors (Lipinski definition) is 3.